The zero-order valence-electron chi connectivity index (χ0n) is 14.9. The van der Waals surface area contributed by atoms with Crippen molar-refractivity contribution in [2.75, 3.05) is 18.4 Å². The zero-order valence-corrected chi connectivity index (χ0v) is 15.7. The molecule has 0 radical (unpaired) electrons. The minimum absolute atomic E-state index is 0.0477. The number of thiophene rings is 1. The average molecular weight is 384 g/mol. The second kappa shape index (κ2) is 7.13. The predicted molar refractivity (Wildman–Crippen MR) is 106 cm³/mol. The lowest BCUT2D eigenvalue weighted by Crippen LogP contribution is -2.43. The summed E-state index contributed by atoms with van der Waals surface area (Å²) in [5.41, 5.74) is 2.72. The fraction of sp³-hybridized carbons (Fsp3) is 0.316. The van der Waals surface area contributed by atoms with E-state index in [4.69, 9.17) is 0 Å². The minimum atomic E-state index is -0.417. The summed E-state index contributed by atoms with van der Waals surface area (Å²) in [6.07, 6.45) is 4.16. The summed E-state index contributed by atoms with van der Waals surface area (Å²) in [6, 6.07) is 6.41. The van der Waals surface area contributed by atoms with Crippen molar-refractivity contribution in [3.8, 4) is 0 Å². The van der Waals surface area contributed by atoms with E-state index < -0.39 is 4.92 Å². The first-order valence-corrected chi connectivity index (χ1v) is 9.73. The van der Waals surface area contributed by atoms with Crippen LogP contribution in [0.5, 0.6) is 0 Å². The average Bonchev–Trinajstić information content (AvgIpc) is 3.04. The second-order valence-corrected chi connectivity index (χ2v) is 7.74. The molecule has 8 heteroatoms. The third kappa shape index (κ3) is 3.45. The number of nitro groups is 1. The molecule has 4 rings (SSSR count). The van der Waals surface area contributed by atoms with Crippen LogP contribution >= 0.6 is 11.3 Å². The van der Waals surface area contributed by atoms with Crippen molar-refractivity contribution in [1.82, 2.24) is 10.2 Å². The largest absolute Gasteiger partial charge is 0.353 e. The first-order valence-electron chi connectivity index (χ1n) is 8.92. The summed E-state index contributed by atoms with van der Waals surface area (Å²) in [7, 11) is 0. The highest BCUT2D eigenvalue weighted by molar-refractivity contribution is 7.16. The van der Waals surface area contributed by atoms with Crippen molar-refractivity contribution >= 4 is 34.0 Å². The predicted octanol–water partition coefficient (Wildman–Crippen LogP) is 3.23. The standard InChI is InChI=1S/C19H20N4O3S/c1-2-22-9-8-14-15(11-22)27-19-17(14)18(24)20-16(21-19)7-6-12-4-3-5-13(10-12)23(25)26/h3-7,10,16,21H,2,8-9,11H2,1H3,(H,20,24)/b7-6-. The van der Waals surface area contributed by atoms with Crippen LogP contribution in [0.15, 0.2) is 30.3 Å². The number of nitrogens with one attached hydrogen (secondary N) is 2. The fourth-order valence-corrected chi connectivity index (χ4v) is 4.83. The van der Waals surface area contributed by atoms with Crippen molar-refractivity contribution in [2.24, 2.45) is 0 Å². The maximum Gasteiger partial charge on any atom is 0.270 e. The molecule has 0 spiro atoms. The van der Waals surface area contributed by atoms with Crippen molar-refractivity contribution in [1.29, 1.82) is 0 Å². The fourth-order valence-electron chi connectivity index (χ4n) is 3.50. The molecule has 140 valence electrons. The van der Waals surface area contributed by atoms with Gasteiger partial charge in [0.15, 0.2) is 0 Å². The van der Waals surface area contributed by atoms with E-state index in [1.807, 2.05) is 6.08 Å². The number of carbonyl (C=O) groups excluding carboxylic acids is 1. The number of rotatable bonds is 4. The quantitative estimate of drug-likeness (QED) is 0.624. The number of anilines is 1. The Morgan fingerprint density at radius 1 is 1.41 bits per heavy atom. The van der Waals surface area contributed by atoms with Gasteiger partial charge in [0.1, 0.15) is 11.2 Å². The highest BCUT2D eigenvalue weighted by Crippen LogP contribution is 2.38. The van der Waals surface area contributed by atoms with E-state index in [2.05, 4.69) is 22.5 Å². The summed E-state index contributed by atoms with van der Waals surface area (Å²) in [5, 5.41) is 18.1. The van der Waals surface area contributed by atoms with Gasteiger partial charge in [0, 0.05) is 30.1 Å². The Morgan fingerprint density at radius 3 is 3.04 bits per heavy atom. The summed E-state index contributed by atoms with van der Waals surface area (Å²) in [4.78, 5) is 26.8. The van der Waals surface area contributed by atoms with E-state index in [0.717, 1.165) is 42.2 Å². The van der Waals surface area contributed by atoms with Gasteiger partial charge in [-0.25, -0.2) is 0 Å². The molecule has 2 aliphatic heterocycles. The Kier molecular flexibility index (Phi) is 4.67. The van der Waals surface area contributed by atoms with E-state index in [-0.39, 0.29) is 17.8 Å². The van der Waals surface area contributed by atoms with E-state index in [1.165, 1.54) is 22.6 Å². The van der Waals surface area contributed by atoms with Gasteiger partial charge in [0.2, 0.25) is 0 Å². The second-order valence-electron chi connectivity index (χ2n) is 6.63. The number of likely N-dealkylation sites (N-methyl/N-ethyl adjacent to an activating group) is 1. The molecule has 0 saturated carbocycles. The number of benzene rings is 1. The number of nitro benzene ring substituents is 1. The Morgan fingerprint density at radius 2 is 2.26 bits per heavy atom. The van der Waals surface area contributed by atoms with E-state index in [0.29, 0.717) is 0 Å². The van der Waals surface area contributed by atoms with Gasteiger partial charge in [-0.2, -0.15) is 0 Å². The van der Waals surface area contributed by atoms with Crippen LogP contribution in [0, 0.1) is 10.1 Å². The molecule has 1 aromatic carbocycles. The molecule has 1 amide bonds. The van der Waals surface area contributed by atoms with Crippen LogP contribution in [-0.2, 0) is 13.0 Å². The van der Waals surface area contributed by atoms with Crippen LogP contribution in [0.3, 0.4) is 0 Å². The molecular weight excluding hydrogens is 364 g/mol. The van der Waals surface area contributed by atoms with Gasteiger partial charge in [0.25, 0.3) is 11.6 Å². The lowest BCUT2D eigenvalue weighted by molar-refractivity contribution is -0.384. The Balaban J connectivity index is 1.54. The maximum atomic E-state index is 12.7. The topological polar surface area (TPSA) is 87.5 Å². The number of carbonyl (C=O) groups is 1. The van der Waals surface area contributed by atoms with Crippen molar-refractivity contribution in [3.63, 3.8) is 0 Å². The molecule has 1 aromatic heterocycles. The molecular formula is C19H20N4O3S. The lowest BCUT2D eigenvalue weighted by atomic mass is 10.0. The number of fused-ring (bicyclic) bond motifs is 3. The summed E-state index contributed by atoms with van der Waals surface area (Å²) >= 11 is 1.66. The third-order valence-electron chi connectivity index (χ3n) is 4.95. The van der Waals surface area contributed by atoms with Crippen molar-refractivity contribution in [2.45, 2.75) is 26.1 Å². The normalized spacial score (nSPS) is 19.3. The number of hydrogen-bond donors (Lipinski definition) is 2. The Bertz CT molecular complexity index is 937. The summed E-state index contributed by atoms with van der Waals surface area (Å²) in [6.45, 7) is 5.04. The summed E-state index contributed by atoms with van der Waals surface area (Å²) < 4.78 is 0. The van der Waals surface area contributed by atoms with Crippen molar-refractivity contribution in [3.05, 3.63) is 62.0 Å². The van der Waals surface area contributed by atoms with Crippen LogP contribution in [0.4, 0.5) is 10.7 Å². The molecule has 27 heavy (non-hydrogen) atoms. The number of non-ortho nitro benzene ring substituents is 1. The minimum Gasteiger partial charge on any atom is -0.353 e. The maximum absolute atomic E-state index is 12.7. The van der Waals surface area contributed by atoms with Gasteiger partial charge in [0.05, 0.1) is 10.5 Å². The van der Waals surface area contributed by atoms with Gasteiger partial charge in [-0.05, 0) is 30.2 Å². The van der Waals surface area contributed by atoms with E-state index >= 15 is 0 Å². The van der Waals surface area contributed by atoms with Gasteiger partial charge in [-0.15, -0.1) is 11.3 Å². The molecule has 0 fully saturated rings. The number of amides is 1. The van der Waals surface area contributed by atoms with Crippen LogP contribution in [0.1, 0.15) is 33.3 Å². The van der Waals surface area contributed by atoms with Crippen LogP contribution in [-0.4, -0.2) is 35.0 Å². The van der Waals surface area contributed by atoms with Crippen LogP contribution in [0.2, 0.25) is 0 Å². The zero-order chi connectivity index (χ0) is 19.0. The number of nitrogens with zero attached hydrogens (tertiary/aromatic N) is 2. The van der Waals surface area contributed by atoms with Gasteiger partial charge < -0.3 is 10.6 Å². The Labute approximate surface area is 160 Å². The highest BCUT2D eigenvalue weighted by Gasteiger charge is 2.31. The van der Waals surface area contributed by atoms with Gasteiger partial charge in [-0.3, -0.25) is 19.8 Å². The molecule has 0 saturated heterocycles. The molecule has 2 aromatic rings. The van der Waals surface area contributed by atoms with Crippen molar-refractivity contribution < 1.29 is 9.72 Å². The van der Waals surface area contributed by atoms with Crippen LogP contribution < -0.4 is 10.6 Å². The molecule has 3 heterocycles. The highest BCUT2D eigenvalue weighted by atomic mass is 32.1. The molecule has 0 bridgehead atoms. The van der Waals surface area contributed by atoms with E-state index in [1.54, 1.807) is 29.5 Å². The smallest absolute Gasteiger partial charge is 0.270 e. The SMILES string of the molecule is CCN1CCc2c(sc3c2C(=O)NC(/C=C\c2cccc([N+](=O)[O-])c2)N3)C1. The third-order valence-corrected chi connectivity index (χ3v) is 6.09. The summed E-state index contributed by atoms with van der Waals surface area (Å²) in [5.74, 6) is -0.0557. The lowest BCUT2D eigenvalue weighted by Gasteiger charge is -2.26. The van der Waals surface area contributed by atoms with Gasteiger partial charge in [-0.1, -0.05) is 25.1 Å². The number of hydrogen-bond acceptors (Lipinski definition) is 6. The molecule has 0 aliphatic carbocycles. The first-order chi connectivity index (χ1) is 13.0. The molecule has 2 aliphatic rings. The molecule has 1 unspecified atom stereocenters. The molecule has 7 nitrogen and oxygen atoms in total. The van der Waals surface area contributed by atoms with Crippen LogP contribution in [0.25, 0.3) is 6.08 Å². The monoisotopic (exact) mass is 384 g/mol. The van der Waals surface area contributed by atoms with Gasteiger partial charge >= 0.3 is 0 Å². The molecule has 2 N–H and O–H groups in total. The molecule has 1 atom stereocenters. The van der Waals surface area contributed by atoms with E-state index in [9.17, 15) is 14.9 Å². The Hall–Kier alpha value is -2.71. The first kappa shape index (κ1) is 17.7.